The molecular weight excluding hydrogens is 320 g/mol. The third-order valence-electron chi connectivity index (χ3n) is 3.66. The Bertz CT molecular complexity index is 1090. The van der Waals surface area contributed by atoms with Gasteiger partial charge in [-0.25, -0.2) is 9.59 Å². The van der Waals surface area contributed by atoms with Gasteiger partial charge in [-0.3, -0.25) is 9.36 Å². The second-order valence-electron chi connectivity index (χ2n) is 5.22. The molecule has 2 N–H and O–H groups in total. The van der Waals surface area contributed by atoms with Crippen LogP contribution in [0, 0.1) is 12.3 Å². The minimum atomic E-state index is -1.39. The number of aromatic nitrogens is 1. The van der Waals surface area contributed by atoms with Crippen LogP contribution in [0.1, 0.15) is 15.9 Å². The summed E-state index contributed by atoms with van der Waals surface area (Å²) < 4.78 is 1.11. The van der Waals surface area contributed by atoms with Crippen molar-refractivity contribution in [3.05, 3.63) is 76.1 Å². The molecule has 0 saturated carbocycles. The Morgan fingerprint density at radius 3 is 2.40 bits per heavy atom. The van der Waals surface area contributed by atoms with Crippen LogP contribution in [0.2, 0.25) is 0 Å². The average Bonchev–Trinajstić information content (AvgIpc) is 2.62. The third-order valence-corrected chi connectivity index (χ3v) is 3.66. The number of fused-ring (bicyclic) bond motifs is 1. The van der Waals surface area contributed by atoms with Crippen molar-refractivity contribution in [1.82, 2.24) is 4.57 Å². The second-order valence-corrected chi connectivity index (χ2v) is 5.22. The molecule has 1 heterocycles. The van der Waals surface area contributed by atoms with E-state index in [2.05, 4.69) is 11.2 Å². The zero-order valence-electron chi connectivity index (χ0n) is 12.9. The Morgan fingerprint density at radius 2 is 1.76 bits per heavy atom. The van der Waals surface area contributed by atoms with Gasteiger partial charge in [-0.1, -0.05) is 18.1 Å². The van der Waals surface area contributed by atoms with Gasteiger partial charge in [-0.2, -0.15) is 0 Å². The van der Waals surface area contributed by atoms with E-state index >= 15 is 0 Å². The number of nitrogens with one attached hydrogen (secondary N) is 1. The van der Waals surface area contributed by atoms with Gasteiger partial charge in [0.15, 0.2) is 0 Å². The molecule has 6 heteroatoms. The van der Waals surface area contributed by atoms with Gasteiger partial charge >= 0.3 is 12.0 Å². The second kappa shape index (κ2) is 6.34. The zero-order chi connectivity index (χ0) is 18.0. The van der Waals surface area contributed by atoms with Crippen molar-refractivity contribution >= 4 is 28.6 Å². The van der Waals surface area contributed by atoms with Crippen LogP contribution in [0.3, 0.4) is 0 Å². The SMILES string of the molecule is C#Cc1ccc(NC(=O)n2cc(C(=O)O)c(=O)c3ccccc32)cc1. The molecule has 122 valence electrons. The van der Waals surface area contributed by atoms with Gasteiger partial charge in [-0.15, -0.1) is 6.42 Å². The Hall–Kier alpha value is -3.85. The summed E-state index contributed by atoms with van der Waals surface area (Å²) in [6, 6.07) is 12.3. The first-order valence-corrected chi connectivity index (χ1v) is 7.27. The van der Waals surface area contributed by atoms with Crippen molar-refractivity contribution in [1.29, 1.82) is 0 Å². The number of hydrogen-bond donors (Lipinski definition) is 2. The molecule has 0 aliphatic heterocycles. The first kappa shape index (κ1) is 16.0. The lowest BCUT2D eigenvalue weighted by Crippen LogP contribution is -2.25. The molecule has 0 unspecified atom stereocenters. The van der Waals surface area contributed by atoms with E-state index in [1.807, 2.05) is 0 Å². The molecule has 0 spiro atoms. The minimum absolute atomic E-state index is 0.153. The molecule has 2 aromatic carbocycles. The van der Waals surface area contributed by atoms with E-state index in [0.29, 0.717) is 16.8 Å². The summed E-state index contributed by atoms with van der Waals surface area (Å²) in [5.41, 5.74) is 0.362. The number of carbonyl (C=O) groups excluding carboxylic acids is 1. The highest BCUT2D eigenvalue weighted by Crippen LogP contribution is 2.14. The van der Waals surface area contributed by atoms with Crippen LogP contribution < -0.4 is 10.7 Å². The van der Waals surface area contributed by atoms with Crippen LogP contribution in [0.15, 0.2) is 59.5 Å². The Morgan fingerprint density at radius 1 is 1.08 bits per heavy atom. The summed E-state index contributed by atoms with van der Waals surface area (Å²) in [4.78, 5) is 36.1. The molecule has 0 bridgehead atoms. The molecule has 3 rings (SSSR count). The van der Waals surface area contributed by atoms with Crippen molar-refractivity contribution in [3.63, 3.8) is 0 Å². The van der Waals surface area contributed by atoms with E-state index in [1.165, 1.54) is 6.07 Å². The maximum atomic E-state index is 12.6. The van der Waals surface area contributed by atoms with Crippen molar-refractivity contribution in [3.8, 4) is 12.3 Å². The predicted molar refractivity (Wildman–Crippen MR) is 94.0 cm³/mol. The number of benzene rings is 2. The van der Waals surface area contributed by atoms with E-state index in [0.717, 1.165) is 10.8 Å². The molecule has 25 heavy (non-hydrogen) atoms. The van der Waals surface area contributed by atoms with Gasteiger partial charge in [-0.05, 0) is 36.4 Å². The van der Waals surface area contributed by atoms with Gasteiger partial charge in [0.25, 0.3) is 0 Å². The van der Waals surface area contributed by atoms with Gasteiger partial charge in [0.05, 0.1) is 5.52 Å². The van der Waals surface area contributed by atoms with Crippen molar-refractivity contribution in [2.45, 2.75) is 0 Å². The third kappa shape index (κ3) is 2.99. The van der Waals surface area contributed by atoms with Crippen LogP contribution >= 0.6 is 0 Å². The summed E-state index contributed by atoms with van der Waals surface area (Å²) in [7, 11) is 0. The lowest BCUT2D eigenvalue weighted by Gasteiger charge is -2.12. The number of hydrogen-bond acceptors (Lipinski definition) is 3. The summed E-state index contributed by atoms with van der Waals surface area (Å²) in [6.07, 6.45) is 6.31. The first-order chi connectivity index (χ1) is 12.0. The maximum Gasteiger partial charge on any atom is 0.341 e. The Balaban J connectivity index is 2.09. The van der Waals surface area contributed by atoms with Crippen LogP contribution in [0.5, 0.6) is 0 Å². The number of carboxylic acid groups (broad SMARTS) is 1. The monoisotopic (exact) mass is 332 g/mol. The number of amides is 1. The first-order valence-electron chi connectivity index (χ1n) is 7.27. The summed E-state index contributed by atoms with van der Waals surface area (Å²) in [5.74, 6) is 1.08. The maximum absolute atomic E-state index is 12.6. The number of nitrogens with zero attached hydrogens (tertiary/aromatic N) is 1. The molecular formula is C19H12N2O4. The van der Waals surface area contributed by atoms with Gasteiger partial charge in [0.1, 0.15) is 5.56 Å². The quantitative estimate of drug-likeness (QED) is 0.706. The number of carbonyl (C=O) groups is 2. The number of para-hydroxylation sites is 1. The zero-order valence-corrected chi connectivity index (χ0v) is 12.9. The molecule has 0 aliphatic rings. The molecule has 1 amide bonds. The van der Waals surface area contributed by atoms with Gasteiger partial charge in [0.2, 0.25) is 5.43 Å². The number of anilines is 1. The highest BCUT2D eigenvalue weighted by molar-refractivity contribution is 6.00. The van der Waals surface area contributed by atoms with E-state index < -0.39 is 23.0 Å². The lowest BCUT2D eigenvalue weighted by atomic mass is 10.1. The summed E-state index contributed by atoms with van der Waals surface area (Å²) in [6.45, 7) is 0. The summed E-state index contributed by atoms with van der Waals surface area (Å²) in [5, 5.41) is 12.0. The number of carboxylic acids is 1. The van der Waals surface area contributed by atoms with E-state index in [-0.39, 0.29) is 5.39 Å². The normalized spacial score (nSPS) is 10.2. The molecule has 0 saturated heterocycles. The van der Waals surface area contributed by atoms with Crippen LogP contribution in [0.25, 0.3) is 10.9 Å². The number of aromatic carboxylic acids is 1. The average molecular weight is 332 g/mol. The fourth-order valence-electron chi connectivity index (χ4n) is 2.43. The Kier molecular flexibility index (Phi) is 4.06. The fourth-order valence-corrected chi connectivity index (χ4v) is 2.43. The number of rotatable bonds is 2. The number of terminal acetylenes is 1. The molecule has 0 fully saturated rings. The highest BCUT2D eigenvalue weighted by Gasteiger charge is 2.17. The fraction of sp³-hybridized carbons (Fsp3) is 0. The lowest BCUT2D eigenvalue weighted by molar-refractivity contribution is 0.0695. The predicted octanol–water partition coefficient (Wildman–Crippen LogP) is 2.76. The van der Waals surface area contributed by atoms with Crippen LogP contribution in [0.4, 0.5) is 10.5 Å². The molecule has 6 nitrogen and oxygen atoms in total. The topological polar surface area (TPSA) is 88.4 Å². The van der Waals surface area contributed by atoms with Crippen LogP contribution in [-0.4, -0.2) is 21.7 Å². The molecule has 0 atom stereocenters. The standard InChI is InChI=1S/C19H12N2O4/c1-2-12-7-9-13(10-8-12)20-19(25)21-11-15(18(23)24)17(22)14-5-3-4-6-16(14)21/h1,3-11H,(H,20,25)(H,23,24). The van der Waals surface area contributed by atoms with E-state index in [4.69, 9.17) is 6.42 Å². The smallest absolute Gasteiger partial charge is 0.341 e. The number of pyridine rings is 1. The molecule has 3 aromatic rings. The molecule has 1 aromatic heterocycles. The van der Waals surface area contributed by atoms with Gasteiger partial charge < -0.3 is 10.4 Å². The van der Waals surface area contributed by atoms with Crippen molar-refractivity contribution in [2.75, 3.05) is 5.32 Å². The molecule has 0 radical (unpaired) electrons. The van der Waals surface area contributed by atoms with Crippen LogP contribution in [-0.2, 0) is 0 Å². The van der Waals surface area contributed by atoms with Gasteiger partial charge in [0, 0.05) is 22.8 Å². The molecule has 0 aliphatic carbocycles. The van der Waals surface area contributed by atoms with E-state index in [9.17, 15) is 19.5 Å². The minimum Gasteiger partial charge on any atom is -0.477 e. The Labute approximate surface area is 142 Å². The van der Waals surface area contributed by atoms with Crippen molar-refractivity contribution < 1.29 is 14.7 Å². The van der Waals surface area contributed by atoms with E-state index in [1.54, 1.807) is 42.5 Å². The summed E-state index contributed by atoms with van der Waals surface area (Å²) >= 11 is 0. The van der Waals surface area contributed by atoms with Crippen molar-refractivity contribution in [2.24, 2.45) is 0 Å². The largest absolute Gasteiger partial charge is 0.477 e. The highest BCUT2D eigenvalue weighted by atomic mass is 16.4.